The third kappa shape index (κ3) is 5.28. The van der Waals surface area contributed by atoms with Crippen LogP contribution in [0.1, 0.15) is 17.5 Å². The zero-order chi connectivity index (χ0) is 12.0. The quantitative estimate of drug-likeness (QED) is 0.813. The number of benzene rings is 1. The Morgan fingerprint density at radius 3 is 2.00 bits per heavy atom. The smallest absolute Gasteiger partial charge is 0.147 e. The highest BCUT2D eigenvalue weighted by atomic mass is 32.2. The van der Waals surface area contributed by atoms with E-state index in [1.54, 1.807) is 0 Å². The first-order valence-corrected chi connectivity index (χ1v) is 7.53. The van der Waals surface area contributed by atoms with Gasteiger partial charge in [0.25, 0.3) is 0 Å². The standard InChI is InChI=1S/C12H19NO2S/c1-16(14,15)10-8-12-6-4-11(5-7-12)3-2-9-13/h4-7H,2-3,8-10,13H2,1H3. The van der Waals surface area contributed by atoms with Crippen molar-refractivity contribution in [2.45, 2.75) is 19.3 Å². The first kappa shape index (κ1) is 13.2. The Kier molecular flexibility index (Phi) is 4.96. The van der Waals surface area contributed by atoms with Crippen LogP contribution in [0.2, 0.25) is 0 Å². The predicted octanol–water partition coefficient (Wildman–Crippen LogP) is 1.16. The van der Waals surface area contributed by atoms with Crippen LogP contribution >= 0.6 is 0 Å². The number of hydrogen-bond donors (Lipinski definition) is 1. The van der Waals surface area contributed by atoms with Crippen LogP contribution in [0.4, 0.5) is 0 Å². The Morgan fingerprint density at radius 1 is 1.06 bits per heavy atom. The number of hydrogen-bond acceptors (Lipinski definition) is 3. The molecule has 0 radical (unpaired) electrons. The molecular formula is C12H19NO2S. The molecule has 90 valence electrons. The summed E-state index contributed by atoms with van der Waals surface area (Å²) in [5.74, 6) is 0.217. The molecular weight excluding hydrogens is 222 g/mol. The van der Waals surface area contributed by atoms with Crippen LogP contribution in [0.5, 0.6) is 0 Å². The highest BCUT2D eigenvalue weighted by molar-refractivity contribution is 7.90. The van der Waals surface area contributed by atoms with Crippen molar-refractivity contribution < 1.29 is 8.42 Å². The fourth-order valence-corrected chi connectivity index (χ4v) is 2.09. The summed E-state index contributed by atoms with van der Waals surface area (Å²) in [5, 5.41) is 0. The lowest BCUT2D eigenvalue weighted by Gasteiger charge is -2.03. The van der Waals surface area contributed by atoms with Crippen molar-refractivity contribution in [3.05, 3.63) is 35.4 Å². The average molecular weight is 241 g/mol. The second kappa shape index (κ2) is 6.01. The molecule has 1 rings (SSSR count). The van der Waals surface area contributed by atoms with Gasteiger partial charge in [0.15, 0.2) is 0 Å². The normalized spacial score (nSPS) is 11.6. The van der Waals surface area contributed by atoms with E-state index in [1.165, 1.54) is 11.8 Å². The van der Waals surface area contributed by atoms with Gasteiger partial charge >= 0.3 is 0 Å². The van der Waals surface area contributed by atoms with Crippen LogP contribution in [0.25, 0.3) is 0 Å². The second-order valence-electron chi connectivity index (χ2n) is 4.09. The first-order valence-electron chi connectivity index (χ1n) is 5.47. The number of sulfone groups is 1. The van der Waals surface area contributed by atoms with E-state index in [-0.39, 0.29) is 5.75 Å². The lowest BCUT2D eigenvalue weighted by Crippen LogP contribution is -2.06. The Labute approximate surface area is 97.6 Å². The molecule has 0 bridgehead atoms. The Hall–Kier alpha value is -0.870. The van der Waals surface area contributed by atoms with E-state index < -0.39 is 9.84 Å². The van der Waals surface area contributed by atoms with Gasteiger partial charge in [0.1, 0.15) is 9.84 Å². The summed E-state index contributed by atoms with van der Waals surface area (Å²) in [6, 6.07) is 8.09. The molecule has 0 heterocycles. The molecule has 4 heteroatoms. The summed E-state index contributed by atoms with van der Waals surface area (Å²) in [7, 11) is -2.86. The largest absolute Gasteiger partial charge is 0.330 e. The molecule has 0 saturated carbocycles. The van der Waals surface area contributed by atoms with Gasteiger partial charge in [0.2, 0.25) is 0 Å². The van der Waals surface area contributed by atoms with Crippen LogP contribution < -0.4 is 5.73 Å². The van der Waals surface area contributed by atoms with Gasteiger partial charge in [-0.15, -0.1) is 0 Å². The van der Waals surface area contributed by atoms with Gasteiger partial charge in [-0.25, -0.2) is 8.42 Å². The molecule has 0 fully saturated rings. The Balaban J connectivity index is 2.51. The summed E-state index contributed by atoms with van der Waals surface area (Å²) in [6.45, 7) is 0.704. The van der Waals surface area contributed by atoms with Crippen molar-refractivity contribution in [2.75, 3.05) is 18.6 Å². The summed E-state index contributed by atoms with van der Waals surface area (Å²) in [4.78, 5) is 0. The minimum Gasteiger partial charge on any atom is -0.330 e. The van der Waals surface area contributed by atoms with Gasteiger partial charge in [-0.2, -0.15) is 0 Å². The molecule has 0 amide bonds. The molecule has 1 aromatic rings. The molecule has 0 atom stereocenters. The van der Waals surface area contributed by atoms with Crippen molar-refractivity contribution >= 4 is 9.84 Å². The fraction of sp³-hybridized carbons (Fsp3) is 0.500. The predicted molar refractivity (Wildman–Crippen MR) is 67.2 cm³/mol. The number of rotatable bonds is 6. The Morgan fingerprint density at radius 2 is 1.56 bits per heavy atom. The van der Waals surface area contributed by atoms with Crippen molar-refractivity contribution in [1.82, 2.24) is 0 Å². The van der Waals surface area contributed by atoms with E-state index >= 15 is 0 Å². The summed E-state index contributed by atoms with van der Waals surface area (Å²) in [6.07, 6.45) is 3.84. The fourth-order valence-electron chi connectivity index (χ4n) is 1.48. The molecule has 16 heavy (non-hydrogen) atoms. The third-order valence-electron chi connectivity index (χ3n) is 2.45. The van der Waals surface area contributed by atoms with Crippen molar-refractivity contribution in [3.8, 4) is 0 Å². The molecule has 0 saturated heterocycles. The van der Waals surface area contributed by atoms with Crippen LogP contribution in [0, 0.1) is 0 Å². The maximum Gasteiger partial charge on any atom is 0.147 e. The van der Waals surface area contributed by atoms with Gasteiger partial charge in [-0.05, 0) is 36.9 Å². The van der Waals surface area contributed by atoms with E-state index in [0.717, 1.165) is 18.4 Å². The monoisotopic (exact) mass is 241 g/mol. The molecule has 0 unspecified atom stereocenters. The number of nitrogens with two attached hydrogens (primary N) is 1. The van der Waals surface area contributed by atoms with Crippen molar-refractivity contribution in [1.29, 1.82) is 0 Å². The minimum absolute atomic E-state index is 0.217. The van der Waals surface area contributed by atoms with Gasteiger partial charge in [-0.3, -0.25) is 0 Å². The molecule has 0 aliphatic heterocycles. The summed E-state index contributed by atoms with van der Waals surface area (Å²) in [5.41, 5.74) is 7.76. The lowest BCUT2D eigenvalue weighted by atomic mass is 10.1. The van der Waals surface area contributed by atoms with E-state index in [1.807, 2.05) is 24.3 Å². The zero-order valence-electron chi connectivity index (χ0n) is 9.65. The molecule has 0 aliphatic rings. The highest BCUT2D eigenvalue weighted by Gasteiger charge is 2.02. The topological polar surface area (TPSA) is 60.2 Å². The van der Waals surface area contributed by atoms with Gasteiger partial charge < -0.3 is 5.73 Å². The van der Waals surface area contributed by atoms with Gasteiger partial charge in [-0.1, -0.05) is 24.3 Å². The van der Waals surface area contributed by atoms with Crippen LogP contribution in [0.15, 0.2) is 24.3 Å². The third-order valence-corrected chi connectivity index (χ3v) is 3.40. The van der Waals surface area contributed by atoms with Gasteiger partial charge in [0.05, 0.1) is 5.75 Å². The van der Waals surface area contributed by atoms with E-state index in [4.69, 9.17) is 5.73 Å². The van der Waals surface area contributed by atoms with Crippen molar-refractivity contribution in [2.24, 2.45) is 5.73 Å². The first-order chi connectivity index (χ1) is 7.51. The number of aryl methyl sites for hydroxylation is 2. The lowest BCUT2D eigenvalue weighted by molar-refractivity contribution is 0.601. The highest BCUT2D eigenvalue weighted by Crippen LogP contribution is 2.07. The van der Waals surface area contributed by atoms with Crippen LogP contribution in [-0.2, 0) is 22.7 Å². The van der Waals surface area contributed by atoms with E-state index in [9.17, 15) is 8.42 Å². The molecule has 3 nitrogen and oxygen atoms in total. The van der Waals surface area contributed by atoms with E-state index in [0.29, 0.717) is 13.0 Å². The van der Waals surface area contributed by atoms with Gasteiger partial charge in [0, 0.05) is 6.26 Å². The van der Waals surface area contributed by atoms with Crippen LogP contribution in [0.3, 0.4) is 0 Å². The molecule has 0 aliphatic carbocycles. The maximum absolute atomic E-state index is 11.0. The Bertz CT molecular complexity index is 409. The van der Waals surface area contributed by atoms with Crippen LogP contribution in [-0.4, -0.2) is 27.0 Å². The molecule has 0 aromatic heterocycles. The molecule has 2 N–H and O–H groups in total. The SMILES string of the molecule is CS(=O)(=O)CCc1ccc(CCCN)cc1. The average Bonchev–Trinajstić information content (AvgIpc) is 2.24. The zero-order valence-corrected chi connectivity index (χ0v) is 10.5. The van der Waals surface area contributed by atoms with Crippen molar-refractivity contribution in [3.63, 3.8) is 0 Å². The maximum atomic E-state index is 11.0. The molecule has 0 spiro atoms. The summed E-state index contributed by atoms with van der Waals surface area (Å²) < 4.78 is 22.0. The minimum atomic E-state index is -2.86. The summed E-state index contributed by atoms with van der Waals surface area (Å²) >= 11 is 0. The van der Waals surface area contributed by atoms with E-state index in [2.05, 4.69) is 0 Å². The second-order valence-corrected chi connectivity index (χ2v) is 6.35. The molecule has 1 aromatic carbocycles.